The van der Waals surface area contributed by atoms with Crippen LogP contribution in [-0.2, 0) is 49.6 Å². The van der Waals surface area contributed by atoms with E-state index in [-0.39, 0.29) is 26.0 Å². The molecule has 1 rings (SSSR count). The summed E-state index contributed by atoms with van der Waals surface area (Å²) in [6.45, 7) is 11.1. The quantitative estimate of drug-likeness (QED) is 0.0152. The highest BCUT2D eigenvalue weighted by atomic mass is 16.7. The van der Waals surface area contributed by atoms with Gasteiger partial charge < -0.3 is 46.5 Å². The summed E-state index contributed by atoms with van der Waals surface area (Å²) in [6.07, 6.45) is -0.904. The first-order valence-corrected chi connectivity index (χ1v) is 18.9. The number of rotatable bonds is 23. The number of hydrogen-bond acceptors (Lipinski definition) is 13. The fraction of sp³-hybridized carbons (Fsp3) is 0.622. The standard InChI is InChI=1S/C37H59N9O12/c1-9-22(3)29(33(51)40-20-28(48)56-8)43-31(49)25(17-14-18-39-35(38)45-46(54)55)41-32(50)26(19-27(47)57-21-24-15-12-11-13-16-24)42-34(52)30(23(4)10-2)44-36(53)58-37(5,6)7/h11-13,15-16,22-23,25-26,29-30H,9-10,14,17-21H2,1-8H3,(H,40,51)(H,41,50)(H,42,52)(H,43,49)(H,44,53)(H3,38,39,45)/t22-,23-,25-,26-,29-,30-/m0/s1. The number of hydrazine groups is 1. The number of nitro groups is 1. The summed E-state index contributed by atoms with van der Waals surface area (Å²) in [4.78, 5) is 107. The van der Waals surface area contributed by atoms with Crippen LogP contribution in [-0.4, -0.2) is 103 Å². The average Bonchev–Trinajstić information content (AvgIpc) is 3.16. The number of benzene rings is 1. The van der Waals surface area contributed by atoms with Crippen LogP contribution < -0.4 is 37.7 Å². The van der Waals surface area contributed by atoms with Crippen molar-refractivity contribution in [2.45, 2.75) is 117 Å². The Morgan fingerprint density at radius 1 is 0.828 bits per heavy atom. The molecular weight excluding hydrogens is 762 g/mol. The molecule has 324 valence electrons. The van der Waals surface area contributed by atoms with Crippen LogP contribution in [0.25, 0.3) is 0 Å². The van der Waals surface area contributed by atoms with Crippen LogP contribution in [0.4, 0.5) is 4.79 Å². The number of nitrogens with zero attached hydrogens (tertiary/aromatic N) is 2. The van der Waals surface area contributed by atoms with E-state index in [9.17, 15) is 43.7 Å². The highest BCUT2D eigenvalue weighted by Crippen LogP contribution is 2.14. The van der Waals surface area contributed by atoms with Gasteiger partial charge in [0.15, 0.2) is 5.03 Å². The number of aliphatic imine (C=N–C) groups is 1. The molecule has 0 heterocycles. The van der Waals surface area contributed by atoms with Crippen molar-refractivity contribution in [1.82, 2.24) is 32.0 Å². The minimum absolute atomic E-state index is 0.0209. The van der Waals surface area contributed by atoms with E-state index in [0.29, 0.717) is 18.4 Å². The molecule has 21 heteroatoms. The zero-order valence-electron chi connectivity index (χ0n) is 34.4. The van der Waals surface area contributed by atoms with Gasteiger partial charge in [-0.2, -0.15) is 0 Å². The number of amides is 5. The number of alkyl carbamates (subject to hydrolysis) is 1. The zero-order valence-corrected chi connectivity index (χ0v) is 34.4. The number of methoxy groups -OCH3 is 1. The number of hydrogen-bond donors (Lipinski definition) is 7. The molecule has 8 N–H and O–H groups in total. The Labute approximate surface area is 337 Å². The number of carbonyl (C=O) groups is 7. The molecule has 6 atom stereocenters. The summed E-state index contributed by atoms with van der Waals surface area (Å²) in [5.74, 6) is -6.45. The first-order chi connectivity index (χ1) is 27.2. The first kappa shape index (κ1) is 50.0. The molecule has 0 radical (unpaired) electrons. The number of ether oxygens (including phenoxy) is 3. The summed E-state index contributed by atoms with van der Waals surface area (Å²) in [5, 5.41) is 22.4. The second kappa shape index (κ2) is 25.3. The fourth-order valence-corrected chi connectivity index (χ4v) is 5.03. The molecule has 58 heavy (non-hydrogen) atoms. The van der Waals surface area contributed by atoms with E-state index in [1.807, 2.05) is 0 Å². The highest BCUT2D eigenvalue weighted by molar-refractivity contribution is 5.97. The number of esters is 2. The van der Waals surface area contributed by atoms with Crippen molar-refractivity contribution in [1.29, 1.82) is 0 Å². The number of carbonyl (C=O) groups excluding carboxylic acids is 7. The van der Waals surface area contributed by atoms with Crippen molar-refractivity contribution in [3.8, 4) is 0 Å². The maximum absolute atomic E-state index is 14.1. The fourth-order valence-electron chi connectivity index (χ4n) is 5.03. The van der Waals surface area contributed by atoms with E-state index >= 15 is 0 Å². The van der Waals surface area contributed by atoms with Gasteiger partial charge in [0.05, 0.1) is 13.5 Å². The van der Waals surface area contributed by atoms with Crippen molar-refractivity contribution in [3.05, 3.63) is 46.0 Å². The molecule has 0 aromatic heterocycles. The molecule has 0 aliphatic carbocycles. The largest absolute Gasteiger partial charge is 0.468 e. The van der Waals surface area contributed by atoms with Crippen LogP contribution in [0, 0.1) is 22.0 Å². The van der Waals surface area contributed by atoms with Crippen molar-refractivity contribution in [3.63, 3.8) is 0 Å². The topological polar surface area (TPSA) is 301 Å². The van der Waals surface area contributed by atoms with Gasteiger partial charge in [0.1, 0.15) is 42.9 Å². The van der Waals surface area contributed by atoms with Crippen LogP contribution in [0.3, 0.4) is 0 Å². The normalized spacial score (nSPS) is 14.4. The Hall–Kier alpha value is -6.02. The summed E-state index contributed by atoms with van der Waals surface area (Å²) < 4.78 is 15.3. The maximum Gasteiger partial charge on any atom is 0.408 e. The third-order valence-corrected chi connectivity index (χ3v) is 8.61. The van der Waals surface area contributed by atoms with E-state index in [4.69, 9.17) is 15.2 Å². The molecule has 0 bridgehead atoms. The molecule has 1 aromatic rings. The molecular formula is C37H59N9O12. The molecule has 0 spiro atoms. The van der Waals surface area contributed by atoms with Gasteiger partial charge in [-0.25, -0.2) is 19.9 Å². The van der Waals surface area contributed by atoms with Crippen molar-refractivity contribution < 1.29 is 52.8 Å². The Morgan fingerprint density at radius 2 is 1.40 bits per heavy atom. The average molecular weight is 822 g/mol. The molecule has 1 aromatic carbocycles. The molecule has 0 saturated carbocycles. The minimum Gasteiger partial charge on any atom is -0.468 e. The van der Waals surface area contributed by atoms with Gasteiger partial charge >= 0.3 is 18.0 Å². The molecule has 5 amide bonds. The van der Waals surface area contributed by atoms with Gasteiger partial charge in [0.25, 0.3) is 5.96 Å². The van der Waals surface area contributed by atoms with Crippen molar-refractivity contribution >= 4 is 47.6 Å². The van der Waals surface area contributed by atoms with Crippen LogP contribution in [0.5, 0.6) is 0 Å². The van der Waals surface area contributed by atoms with Gasteiger partial charge in [0.2, 0.25) is 23.6 Å². The van der Waals surface area contributed by atoms with Gasteiger partial charge in [-0.3, -0.25) is 28.8 Å². The van der Waals surface area contributed by atoms with Crippen LogP contribution in [0.2, 0.25) is 0 Å². The predicted molar refractivity (Wildman–Crippen MR) is 210 cm³/mol. The number of nitrogens with one attached hydrogen (secondary N) is 6. The Kier molecular flexibility index (Phi) is 21.8. The van der Waals surface area contributed by atoms with E-state index < -0.39 is 107 Å². The zero-order chi connectivity index (χ0) is 44.0. The van der Waals surface area contributed by atoms with Crippen molar-refractivity contribution in [2.24, 2.45) is 22.6 Å². The predicted octanol–water partition coefficient (Wildman–Crippen LogP) is 0.725. The minimum atomic E-state index is -1.65. The molecule has 0 fully saturated rings. The van der Waals surface area contributed by atoms with Crippen LogP contribution in [0.15, 0.2) is 35.3 Å². The lowest BCUT2D eigenvalue weighted by Gasteiger charge is -2.29. The summed E-state index contributed by atoms with van der Waals surface area (Å²) in [7, 11) is 1.14. The molecule has 0 unspecified atom stereocenters. The Balaban J connectivity index is 3.52. The smallest absolute Gasteiger partial charge is 0.408 e. The second-order valence-corrected chi connectivity index (χ2v) is 14.4. The molecule has 0 aliphatic heterocycles. The maximum atomic E-state index is 14.1. The third-order valence-electron chi connectivity index (χ3n) is 8.61. The molecule has 0 aliphatic rings. The number of guanidine groups is 1. The summed E-state index contributed by atoms with van der Waals surface area (Å²) in [5.41, 5.74) is 6.95. The van der Waals surface area contributed by atoms with Crippen LogP contribution in [0.1, 0.15) is 86.1 Å². The van der Waals surface area contributed by atoms with Gasteiger partial charge in [-0.15, -0.1) is 0 Å². The molecule has 21 nitrogen and oxygen atoms in total. The van der Waals surface area contributed by atoms with Crippen molar-refractivity contribution in [2.75, 3.05) is 20.2 Å². The lowest BCUT2D eigenvalue weighted by atomic mass is 9.97. The monoisotopic (exact) mass is 821 g/mol. The highest BCUT2D eigenvalue weighted by Gasteiger charge is 2.35. The van der Waals surface area contributed by atoms with Gasteiger partial charge in [-0.05, 0) is 51.0 Å². The van der Waals surface area contributed by atoms with Crippen LogP contribution >= 0.6 is 0 Å². The lowest BCUT2D eigenvalue weighted by Crippen LogP contribution is -2.60. The van der Waals surface area contributed by atoms with E-state index in [1.165, 1.54) is 0 Å². The van der Waals surface area contributed by atoms with E-state index in [1.54, 1.807) is 84.2 Å². The second-order valence-electron chi connectivity index (χ2n) is 14.4. The van der Waals surface area contributed by atoms with E-state index in [2.05, 4.69) is 36.3 Å². The summed E-state index contributed by atoms with van der Waals surface area (Å²) >= 11 is 0. The van der Waals surface area contributed by atoms with Gasteiger partial charge in [-0.1, -0.05) is 76.3 Å². The summed E-state index contributed by atoms with van der Waals surface area (Å²) in [6, 6.07) is 3.21. The first-order valence-electron chi connectivity index (χ1n) is 18.9. The third kappa shape index (κ3) is 19.7. The number of nitrogens with two attached hydrogens (primary N) is 1. The lowest BCUT2D eigenvalue weighted by molar-refractivity contribution is -0.525. The van der Waals surface area contributed by atoms with Gasteiger partial charge in [0, 0.05) is 6.54 Å². The Morgan fingerprint density at radius 3 is 1.95 bits per heavy atom. The molecule has 0 saturated heterocycles. The van der Waals surface area contributed by atoms with E-state index in [0.717, 1.165) is 7.11 Å². The Bertz CT molecular complexity index is 1590. The SMILES string of the molecule is CC[C@H](C)[C@H](NC(=O)OC(C)(C)C)C(=O)N[C@@H](CC(=O)OCc1ccccc1)C(=O)N[C@@H](CCCN=C(N)N[N+](=O)[O-])C(=O)N[C@H](C(=O)NCC(=O)OC)[C@@H](C)CC.